The maximum atomic E-state index is 13.4. The van der Waals surface area contributed by atoms with Gasteiger partial charge in [0, 0.05) is 12.1 Å². The fourth-order valence-corrected chi connectivity index (χ4v) is 1.83. The van der Waals surface area contributed by atoms with Crippen molar-refractivity contribution in [2.24, 2.45) is 5.73 Å². The average Bonchev–Trinajstić information content (AvgIpc) is 2.24. The summed E-state index contributed by atoms with van der Waals surface area (Å²) in [6.45, 7) is 6.04. The summed E-state index contributed by atoms with van der Waals surface area (Å²) in [6.07, 6.45) is 2.67. The van der Waals surface area contributed by atoms with Crippen molar-refractivity contribution in [2.45, 2.75) is 52.2 Å². The van der Waals surface area contributed by atoms with Crippen molar-refractivity contribution in [3.8, 4) is 5.75 Å². The minimum Gasteiger partial charge on any atom is -0.490 e. The first-order valence-corrected chi connectivity index (χ1v) is 6.26. The normalized spacial score (nSPS) is 12.8. The van der Waals surface area contributed by atoms with Crippen molar-refractivity contribution < 1.29 is 9.13 Å². The van der Waals surface area contributed by atoms with E-state index in [1.54, 1.807) is 0 Å². The zero-order valence-electron chi connectivity index (χ0n) is 10.9. The molecule has 3 heteroatoms. The van der Waals surface area contributed by atoms with E-state index in [2.05, 4.69) is 13.8 Å². The summed E-state index contributed by atoms with van der Waals surface area (Å²) in [7, 11) is 0. The molecule has 0 spiro atoms. The van der Waals surface area contributed by atoms with Gasteiger partial charge in [0.25, 0.3) is 0 Å². The largest absolute Gasteiger partial charge is 0.490 e. The average molecular weight is 239 g/mol. The van der Waals surface area contributed by atoms with E-state index in [1.807, 2.05) is 13.0 Å². The second-order valence-corrected chi connectivity index (χ2v) is 4.53. The van der Waals surface area contributed by atoms with Crippen LogP contribution in [-0.2, 0) is 6.42 Å². The van der Waals surface area contributed by atoms with Crippen LogP contribution in [-0.4, -0.2) is 12.1 Å². The molecule has 1 aromatic rings. The van der Waals surface area contributed by atoms with Crippen LogP contribution in [0.5, 0.6) is 5.75 Å². The predicted molar refractivity (Wildman–Crippen MR) is 68.8 cm³/mol. The Labute approximate surface area is 103 Å². The van der Waals surface area contributed by atoms with E-state index < -0.39 is 0 Å². The smallest absolute Gasteiger partial charge is 0.127 e. The Hall–Kier alpha value is -1.09. The zero-order valence-corrected chi connectivity index (χ0v) is 10.9. The lowest BCUT2D eigenvalue weighted by molar-refractivity contribution is 0.192. The Morgan fingerprint density at radius 3 is 2.41 bits per heavy atom. The van der Waals surface area contributed by atoms with Crippen molar-refractivity contribution in [3.05, 3.63) is 29.6 Å². The summed E-state index contributed by atoms with van der Waals surface area (Å²) >= 11 is 0. The van der Waals surface area contributed by atoms with Gasteiger partial charge in [-0.2, -0.15) is 0 Å². The van der Waals surface area contributed by atoms with Crippen molar-refractivity contribution in [2.75, 3.05) is 0 Å². The van der Waals surface area contributed by atoms with E-state index in [0.29, 0.717) is 12.2 Å². The van der Waals surface area contributed by atoms with Gasteiger partial charge in [0.15, 0.2) is 0 Å². The first kappa shape index (κ1) is 14.0. The van der Waals surface area contributed by atoms with Crippen LogP contribution in [0.3, 0.4) is 0 Å². The second kappa shape index (κ2) is 6.60. The molecule has 0 aliphatic rings. The van der Waals surface area contributed by atoms with E-state index >= 15 is 0 Å². The molecule has 0 saturated carbocycles. The molecule has 0 radical (unpaired) electrons. The highest BCUT2D eigenvalue weighted by molar-refractivity contribution is 5.30. The highest BCUT2D eigenvalue weighted by Crippen LogP contribution is 2.20. The highest BCUT2D eigenvalue weighted by Gasteiger charge is 2.08. The maximum absolute atomic E-state index is 13.4. The minimum absolute atomic E-state index is 0.0257. The van der Waals surface area contributed by atoms with E-state index in [4.69, 9.17) is 10.5 Å². The predicted octanol–water partition coefficient (Wildman–Crippen LogP) is 3.28. The molecule has 96 valence electrons. The van der Waals surface area contributed by atoms with Gasteiger partial charge in [-0.05, 0) is 43.9 Å². The first-order chi connectivity index (χ1) is 8.05. The summed E-state index contributed by atoms with van der Waals surface area (Å²) in [5, 5.41) is 0. The van der Waals surface area contributed by atoms with Gasteiger partial charge in [-0.3, -0.25) is 0 Å². The fourth-order valence-electron chi connectivity index (χ4n) is 1.83. The number of ether oxygens (including phenoxy) is 1. The summed E-state index contributed by atoms with van der Waals surface area (Å²) in [5.74, 6) is 0.346. The molecule has 0 aromatic heterocycles. The standard InChI is InChI=1S/C14H22FNO/c1-4-13(5-2)17-14-8-11(6-10(3)16)7-12(15)9-14/h7-10,13H,4-6,16H2,1-3H3. The van der Waals surface area contributed by atoms with Gasteiger partial charge < -0.3 is 10.5 Å². The number of hydrogen-bond donors (Lipinski definition) is 1. The van der Waals surface area contributed by atoms with Gasteiger partial charge in [-0.15, -0.1) is 0 Å². The number of halogens is 1. The molecule has 2 nitrogen and oxygen atoms in total. The topological polar surface area (TPSA) is 35.2 Å². The first-order valence-electron chi connectivity index (χ1n) is 6.26. The Kier molecular flexibility index (Phi) is 5.42. The van der Waals surface area contributed by atoms with Gasteiger partial charge in [0.05, 0.1) is 6.10 Å². The number of rotatable bonds is 6. The molecule has 0 fully saturated rings. The molecule has 2 N–H and O–H groups in total. The van der Waals surface area contributed by atoms with E-state index in [0.717, 1.165) is 18.4 Å². The van der Waals surface area contributed by atoms with Crippen LogP contribution in [0, 0.1) is 5.82 Å². The van der Waals surface area contributed by atoms with Crippen molar-refractivity contribution >= 4 is 0 Å². The van der Waals surface area contributed by atoms with Crippen LogP contribution in [0.2, 0.25) is 0 Å². The Balaban J connectivity index is 2.81. The van der Waals surface area contributed by atoms with Crippen LogP contribution >= 0.6 is 0 Å². The molecule has 1 atom stereocenters. The Morgan fingerprint density at radius 1 is 1.24 bits per heavy atom. The third-order valence-corrected chi connectivity index (χ3v) is 2.70. The number of hydrogen-bond acceptors (Lipinski definition) is 2. The van der Waals surface area contributed by atoms with Gasteiger partial charge in [-0.25, -0.2) is 4.39 Å². The Morgan fingerprint density at radius 2 is 1.88 bits per heavy atom. The second-order valence-electron chi connectivity index (χ2n) is 4.53. The molecule has 0 aliphatic carbocycles. The van der Waals surface area contributed by atoms with Crippen LogP contribution < -0.4 is 10.5 Å². The minimum atomic E-state index is -0.260. The van der Waals surface area contributed by atoms with Crippen molar-refractivity contribution in [1.82, 2.24) is 0 Å². The molecule has 0 saturated heterocycles. The maximum Gasteiger partial charge on any atom is 0.127 e. The van der Waals surface area contributed by atoms with Crippen LogP contribution in [0.4, 0.5) is 4.39 Å². The molecule has 1 rings (SSSR count). The van der Waals surface area contributed by atoms with Crippen LogP contribution in [0.25, 0.3) is 0 Å². The molecule has 0 aliphatic heterocycles. The lowest BCUT2D eigenvalue weighted by atomic mass is 10.1. The fraction of sp³-hybridized carbons (Fsp3) is 0.571. The molecule has 1 unspecified atom stereocenters. The number of benzene rings is 1. The van der Waals surface area contributed by atoms with Crippen molar-refractivity contribution in [1.29, 1.82) is 0 Å². The summed E-state index contributed by atoms with van der Waals surface area (Å²) < 4.78 is 19.2. The molecular formula is C14H22FNO. The molecule has 1 aromatic carbocycles. The highest BCUT2D eigenvalue weighted by atomic mass is 19.1. The van der Waals surface area contributed by atoms with Crippen LogP contribution in [0.1, 0.15) is 39.2 Å². The van der Waals surface area contributed by atoms with Gasteiger partial charge in [0.1, 0.15) is 11.6 Å². The van der Waals surface area contributed by atoms with E-state index in [-0.39, 0.29) is 18.0 Å². The third kappa shape index (κ3) is 4.73. The summed E-state index contributed by atoms with van der Waals surface area (Å²) in [4.78, 5) is 0. The van der Waals surface area contributed by atoms with E-state index in [1.165, 1.54) is 12.1 Å². The zero-order chi connectivity index (χ0) is 12.8. The summed E-state index contributed by atoms with van der Waals surface area (Å²) in [5.41, 5.74) is 6.60. The quantitative estimate of drug-likeness (QED) is 0.826. The van der Waals surface area contributed by atoms with Gasteiger partial charge in [-0.1, -0.05) is 13.8 Å². The molecule has 17 heavy (non-hydrogen) atoms. The van der Waals surface area contributed by atoms with Crippen molar-refractivity contribution in [3.63, 3.8) is 0 Å². The monoisotopic (exact) mass is 239 g/mol. The summed E-state index contributed by atoms with van der Waals surface area (Å²) in [6, 6.07) is 4.86. The third-order valence-electron chi connectivity index (χ3n) is 2.70. The number of nitrogens with two attached hydrogens (primary N) is 1. The van der Waals surface area contributed by atoms with Crippen LogP contribution in [0.15, 0.2) is 18.2 Å². The lowest BCUT2D eigenvalue weighted by Crippen LogP contribution is -2.18. The SMILES string of the molecule is CCC(CC)Oc1cc(F)cc(CC(C)N)c1. The van der Waals surface area contributed by atoms with E-state index in [9.17, 15) is 4.39 Å². The lowest BCUT2D eigenvalue weighted by Gasteiger charge is -2.16. The molecular weight excluding hydrogens is 217 g/mol. The molecule has 0 amide bonds. The Bertz CT molecular complexity index is 348. The molecule has 0 bridgehead atoms. The molecule has 0 heterocycles. The van der Waals surface area contributed by atoms with Gasteiger partial charge in [0.2, 0.25) is 0 Å². The van der Waals surface area contributed by atoms with Gasteiger partial charge >= 0.3 is 0 Å².